The van der Waals surface area contributed by atoms with E-state index in [1.165, 1.54) is 0 Å². The maximum absolute atomic E-state index is 11.2. The van der Waals surface area contributed by atoms with Crippen LogP contribution in [-0.2, 0) is 9.53 Å². The average molecular weight is 252 g/mol. The Kier molecular flexibility index (Phi) is 4.11. The zero-order valence-electron chi connectivity index (χ0n) is 11.2. The first-order valence-corrected chi connectivity index (χ1v) is 6.49. The van der Waals surface area contributed by atoms with Crippen molar-refractivity contribution in [2.45, 2.75) is 51.6 Å². The summed E-state index contributed by atoms with van der Waals surface area (Å²) < 4.78 is 10.7. The van der Waals surface area contributed by atoms with Gasteiger partial charge >= 0.3 is 0 Å². The van der Waals surface area contributed by atoms with Crippen LogP contribution in [0.4, 0.5) is 0 Å². The highest BCUT2D eigenvalue weighted by Crippen LogP contribution is 2.31. The van der Waals surface area contributed by atoms with Crippen LogP contribution in [0.1, 0.15) is 63.3 Å². The lowest BCUT2D eigenvalue weighted by atomic mass is 9.88. The summed E-state index contributed by atoms with van der Waals surface area (Å²) in [4.78, 5) is 15.6. The van der Waals surface area contributed by atoms with Gasteiger partial charge in [-0.25, -0.2) is 0 Å². The summed E-state index contributed by atoms with van der Waals surface area (Å²) >= 11 is 0. The molecule has 0 spiro atoms. The van der Waals surface area contributed by atoms with Crippen molar-refractivity contribution >= 4 is 5.78 Å². The molecule has 0 saturated heterocycles. The second-order valence-corrected chi connectivity index (χ2v) is 5.20. The average Bonchev–Trinajstić information content (AvgIpc) is 2.80. The van der Waals surface area contributed by atoms with Crippen LogP contribution in [-0.4, -0.2) is 23.0 Å². The number of aromatic nitrogens is 2. The summed E-state index contributed by atoms with van der Waals surface area (Å²) in [5, 5.41) is 4.01. The van der Waals surface area contributed by atoms with Crippen LogP contribution < -0.4 is 0 Å². The third-order valence-corrected chi connectivity index (χ3v) is 3.46. The summed E-state index contributed by atoms with van der Waals surface area (Å²) in [5.41, 5.74) is 0. The van der Waals surface area contributed by atoms with E-state index in [2.05, 4.69) is 24.0 Å². The first-order chi connectivity index (χ1) is 8.61. The van der Waals surface area contributed by atoms with E-state index in [0.29, 0.717) is 36.3 Å². The van der Waals surface area contributed by atoms with E-state index in [4.69, 9.17) is 9.26 Å². The van der Waals surface area contributed by atoms with Crippen molar-refractivity contribution in [3.63, 3.8) is 0 Å². The molecule has 100 valence electrons. The summed E-state index contributed by atoms with van der Waals surface area (Å²) in [6.07, 6.45) is 2.76. The molecule has 1 aromatic rings. The Balaban J connectivity index is 2.07. The lowest BCUT2D eigenvalue weighted by Gasteiger charge is -2.17. The van der Waals surface area contributed by atoms with E-state index in [9.17, 15) is 4.79 Å². The van der Waals surface area contributed by atoms with Crippen molar-refractivity contribution in [3.05, 3.63) is 11.7 Å². The summed E-state index contributed by atoms with van der Waals surface area (Å²) in [6, 6.07) is 0. The maximum Gasteiger partial charge on any atom is 0.229 e. The zero-order valence-corrected chi connectivity index (χ0v) is 11.2. The summed E-state index contributed by atoms with van der Waals surface area (Å²) in [5.74, 6) is 2.13. The predicted molar refractivity (Wildman–Crippen MR) is 65.1 cm³/mol. The fourth-order valence-corrected chi connectivity index (χ4v) is 2.39. The number of hydrogen-bond donors (Lipinski definition) is 0. The van der Waals surface area contributed by atoms with Crippen molar-refractivity contribution in [3.8, 4) is 0 Å². The number of hydrogen-bond acceptors (Lipinski definition) is 5. The topological polar surface area (TPSA) is 65.2 Å². The van der Waals surface area contributed by atoms with Gasteiger partial charge in [-0.05, 0) is 18.8 Å². The van der Waals surface area contributed by atoms with E-state index in [0.717, 1.165) is 12.8 Å². The van der Waals surface area contributed by atoms with Crippen molar-refractivity contribution < 1.29 is 14.1 Å². The molecule has 1 fully saturated rings. The second-order valence-electron chi connectivity index (χ2n) is 5.20. The van der Waals surface area contributed by atoms with Gasteiger partial charge < -0.3 is 9.26 Å². The number of nitrogens with zero attached hydrogens (tertiary/aromatic N) is 2. The number of carbonyl (C=O) groups excluding carboxylic acids is 1. The normalized spacial score (nSPS) is 19.4. The molecule has 0 amide bonds. The maximum atomic E-state index is 11.2. The van der Waals surface area contributed by atoms with Gasteiger partial charge in [0.2, 0.25) is 11.7 Å². The Bertz CT molecular complexity index is 404. The Morgan fingerprint density at radius 2 is 2.00 bits per heavy atom. The van der Waals surface area contributed by atoms with Crippen LogP contribution in [0, 0.1) is 5.92 Å². The van der Waals surface area contributed by atoms with Gasteiger partial charge in [0.1, 0.15) is 11.9 Å². The first kappa shape index (κ1) is 13.2. The van der Waals surface area contributed by atoms with Gasteiger partial charge in [-0.15, -0.1) is 0 Å². The van der Waals surface area contributed by atoms with E-state index in [1.807, 2.05) is 0 Å². The van der Waals surface area contributed by atoms with Crippen LogP contribution >= 0.6 is 0 Å². The number of ether oxygens (including phenoxy) is 1. The Labute approximate surface area is 107 Å². The van der Waals surface area contributed by atoms with Gasteiger partial charge in [0, 0.05) is 25.9 Å². The minimum Gasteiger partial charge on any atom is -0.373 e. The fraction of sp³-hybridized carbons (Fsp3) is 0.769. The highest BCUT2D eigenvalue weighted by Gasteiger charge is 2.27. The van der Waals surface area contributed by atoms with E-state index in [-0.39, 0.29) is 12.0 Å². The summed E-state index contributed by atoms with van der Waals surface area (Å²) in [6.45, 7) is 4.12. The molecule has 0 radical (unpaired) electrons. The van der Waals surface area contributed by atoms with Gasteiger partial charge in [-0.2, -0.15) is 4.98 Å². The number of ketones is 1. The Hall–Kier alpha value is -1.23. The highest BCUT2D eigenvalue weighted by molar-refractivity contribution is 5.79. The Morgan fingerprint density at radius 3 is 2.56 bits per heavy atom. The smallest absolute Gasteiger partial charge is 0.229 e. The molecule has 0 bridgehead atoms. The molecule has 0 aromatic carbocycles. The molecule has 1 unspecified atom stereocenters. The van der Waals surface area contributed by atoms with Crippen LogP contribution in [0.5, 0.6) is 0 Å². The zero-order chi connectivity index (χ0) is 13.1. The molecule has 1 atom stereocenters. The lowest BCUT2D eigenvalue weighted by Crippen LogP contribution is -2.13. The van der Waals surface area contributed by atoms with Gasteiger partial charge in [0.25, 0.3) is 0 Å². The van der Waals surface area contributed by atoms with Gasteiger partial charge in [0.15, 0.2) is 0 Å². The molecule has 1 saturated carbocycles. The van der Waals surface area contributed by atoms with E-state index < -0.39 is 0 Å². The van der Waals surface area contributed by atoms with E-state index in [1.54, 1.807) is 7.11 Å². The SMILES string of the molecule is COC(c1noc(C2CCC(=O)CC2)n1)C(C)C. The molecule has 0 N–H and O–H groups in total. The molecule has 1 aliphatic rings. The summed E-state index contributed by atoms with van der Waals surface area (Å²) in [7, 11) is 1.65. The monoisotopic (exact) mass is 252 g/mol. The molecule has 5 nitrogen and oxygen atoms in total. The van der Waals surface area contributed by atoms with Gasteiger partial charge in [0.05, 0.1) is 0 Å². The largest absolute Gasteiger partial charge is 0.373 e. The molecule has 18 heavy (non-hydrogen) atoms. The molecule has 2 rings (SSSR count). The third-order valence-electron chi connectivity index (χ3n) is 3.46. The number of rotatable bonds is 4. The number of methoxy groups -OCH3 is 1. The van der Waals surface area contributed by atoms with Gasteiger partial charge in [-0.1, -0.05) is 19.0 Å². The van der Waals surface area contributed by atoms with Crippen LogP contribution in [0.2, 0.25) is 0 Å². The molecule has 1 heterocycles. The molecular formula is C13H20N2O3. The first-order valence-electron chi connectivity index (χ1n) is 6.49. The molecular weight excluding hydrogens is 232 g/mol. The van der Waals surface area contributed by atoms with Crippen molar-refractivity contribution in [2.24, 2.45) is 5.92 Å². The minimum absolute atomic E-state index is 0.132. The van der Waals surface area contributed by atoms with Crippen LogP contribution in [0.25, 0.3) is 0 Å². The van der Waals surface area contributed by atoms with Crippen LogP contribution in [0.15, 0.2) is 4.52 Å². The highest BCUT2D eigenvalue weighted by atomic mass is 16.5. The predicted octanol–water partition coefficient (Wildman–Crippen LogP) is 2.64. The number of carbonyl (C=O) groups is 1. The van der Waals surface area contributed by atoms with Crippen molar-refractivity contribution in [1.82, 2.24) is 10.1 Å². The molecule has 0 aliphatic heterocycles. The Morgan fingerprint density at radius 1 is 1.33 bits per heavy atom. The van der Waals surface area contributed by atoms with Crippen molar-refractivity contribution in [2.75, 3.05) is 7.11 Å². The van der Waals surface area contributed by atoms with Gasteiger partial charge in [-0.3, -0.25) is 4.79 Å². The fourth-order valence-electron chi connectivity index (χ4n) is 2.39. The molecule has 5 heteroatoms. The third kappa shape index (κ3) is 2.77. The standard InChI is InChI=1S/C13H20N2O3/c1-8(2)11(17-3)12-14-13(18-15-12)9-4-6-10(16)7-5-9/h8-9,11H,4-7H2,1-3H3. The molecule has 1 aliphatic carbocycles. The lowest BCUT2D eigenvalue weighted by molar-refractivity contribution is -0.120. The molecule has 1 aromatic heterocycles. The second kappa shape index (κ2) is 5.61. The quantitative estimate of drug-likeness (QED) is 0.824. The van der Waals surface area contributed by atoms with Crippen molar-refractivity contribution in [1.29, 1.82) is 0 Å². The van der Waals surface area contributed by atoms with Crippen LogP contribution in [0.3, 0.4) is 0 Å². The number of Topliss-reactive ketones (excluding diaryl/α,β-unsaturated/α-hetero) is 1. The van der Waals surface area contributed by atoms with E-state index >= 15 is 0 Å². The minimum atomic E-state index is -0.132.